The Kier molecular flexibility index (Phi) is 17.8. The van der Waals surface area contributed by atoms with Crippen LogP contribution in [-0.2, 0) is 8.23 Å². The van der Waals surface area contributed by atoms with Gasteiger partial charge in [0.15, 0.2) is 33.3 Å². The summed E-state index contributed by atoms with van der Waals surface area (Å²) >= 11 is 0. The highest BCUT2D eigenvalue weighted by Gasteiger charge is 2.32. The maximum Gasteiger partial charge on any atom is 0.173 e. The van der Waals surface area contributed by atoms with E-state index in [-0.39, 0.29) is 0 Å². The van der Waals surface area contributed by atoms with E-state index < -0.39 is 33.3 Å². The highest BCUT2D eigenvalue weighted by Crippen LogP contribution is 2.24. The number of hydrogen-bond donors (Lipinski definition) is 4. The lowest BCUT2D eigenvalue weighted by Gasteiger charge is -2.34. The zero-order valence-corrected chi connectivity index (χ0v) is 25.6. The molecule has 0 fully saturated rings. The van der Waals surface area contributed by atoms with E-state index in [9.17, 15) is 0 Å². The smallest absolute Gasteiger partial charge is 0.173 e. The van der Waals surface area contributed by atoms with Crippen LogP contribution in [0.3, 0.4) is 0 Å². The van der Waals surface area contributed by atoms with E-state index in [1.54, 1.807) is 0 Å². The average Bonchev–Trinajstić information content (AvgIpc) is 2.60. The van der Waals surface area contributed by atoms with Crippen molar-refractivity contribution in [2.45, 2.75) is 102 Å². The molecule has 0 aromatic rings. The second kappa shape index (κ2) is 16.3. The molecule has 0 aliphatic carbocycles. The highest BCUT2D eigenvalue weighted by molar-refractivity contribution is 6.85. The molecule has 0 saturated carbocycles. The Morgan fingerprint density at radius 2 is 0.567 bits per heavy atom. The molecule has 8 N–H and O–H groups in total. The monoisotopic (exact) mass is 496 g/mol. The summed E-state index contributed by atoms with van der Waals surface area (Å²) in [6.45, 7) is 21.6. The summed E-state index contributed by atoms with van der Waals surface area (Å²) in [6.07, 6.45) is 4.39. The van der Waals surface area contributed by atoms with Gasteiger partial charge in [-0.3, -0.25) is 0 Å². The van der Waals surface area contributed by atoms with Gasteiger partial charge in [0.25, 0.3) is 0 Å². The predicted octanol–water partition coefficient (Wildman–Crippen LogP) is 4.22. The van der Waals surface area contributed by atoms with Crippen LogP contribution in [-0.4, -0.2) is 59.4 Å². The molecule has 0 radical (unpaired) electrons. The van der Waals surface area contributed by atoms with Gasteiger partial charge in [-0.2, -0.15) is 0 Å². The minimum absolute atomic E-state index is 0.782. The van der Waals surface area contributed by atoms with Crippen LogP contribution in [0.5, 0.6) is 0 Å². The minimum atomic E-state index is -1.47. The third kappa shape index (κ3) is 20.5. The first-order chi connectivity index (χ1) is 13.7. The Balaban J connectivity index is 0. The molecule has 0 unspecified atom stereocenters. The van der Waals surface area contributed by atoms with Crippen LogP contribution in [0.15, 0.2) is 0 Å². The average molecular weight is 497 g/mol. The molecule has 0 bridgehead atoms. The molecule has 0 aromatic heterocycles. The number of hydrogen-bond acceptors (Lipinski definition) is 6. The van der Waals surface area contributed by atoms with Gasteiger partial charge >= 0.3 is 0 Å². The molecule has 184 valence electrons. The quantitative estimate of drug-likeness (QED) is 0.237. The van der Waals surface area contributed by atoms with Crippen molar-refractivity contribution >= 4 is 33.3 Å². The van der Waals surface area contributed by atoms with Gasteiger partial charge in [-0.1, -0.05) is 0 Å². The van der Waals surface area contributed by atoms with Crippen LogP contribution in [0, 0.1) is 0 Å². The zero-order chi connectivity index (χ0) is 23.9. The first-order valence-electron chi connectivity index (χ1n) is 11.9. The molecule has 0 aromatic carbocycles. The van der Waals surface area contributed by atoms with Crippen molar-refractivity contribution in [2.75, 3.05) is 26.2 Å². The van der Waals surface area contributed by atoms with Crippen molar-refractivity contribution in [1.29, 1.82) is 0 Å². The molecule has 0 aliphatic heterocycles. The summed E-state index contributed by atoms with van der Waals surface area (Å²) in [5, 5.41) is 0. The van der Waals surface area contributed by atoms with Crippen molar-refractivity contribution < 1.29 is 8.23 Å². The Morgan fingerprint density at radius 3 is 0.700 bits per heavy atom. The van der Waals surface area contributed by atoms with E-state index in [1.165, 1.54) is 24.2 Å². The van der Waals surface area contributed by atoms with Crippen LogP contribution in [0.4, 0.5) is 0 Å². The standard InChI is InChI=1S/2C10H28N2OSi2/c2*1-14(2,9-5-7-11)13-15(3,4)10-6-8-12/h2*5-12H2,1-4H3. The molecular formula is C20H56N4O2Si4. The Morgan fingerprint density at radius 1 is 0.400 bits per heavy atom. The van der Waals surface area contributed by atoms with Crippen molar-refractivity contribution in [1.82, 2.24) is 0 Å². The number of rotatable bonds is 16. The Hall–Kier alpha value is 0.628. The third-order valence-electron chi connectivity index (χ3n) is 5.04. The molecule has 30 heavy (non-hydrogen) atoms. The lowest BCUT2D eigenvalue weighted by atomic mass is 10.5. The van der Waals surface area contributed by atoms with Gasteiger partial charge in [0.05, 0.1) is 0 Å². The van der Waals surface area contributed by atoms with Gasteiger partial charge < -0.3 is 31.2 Å². The van der Waals surface area contributed by atoms with Crippen LogP contribution >= 0.6 is 0 Å². The summed E-state index contributed by atoms with van der Waals surface area (Å²) in [6, 6.07) is 4.73. The van der Waals surface area contributed by atoms with Gasteiger partial charge in [-0.15, -0.1) is 0 Å². The fourth-order valence-electron chi connectivity index (χ4n) is 3.81. The van der Waals surface area contributed by atoms with E-state index in [0.29, 0.717) is 0 Å². The van der Waals surface area contributed by atoms with E-state index in [0.717, 1.165) is 51.9 Å². The minimum Gasteiger partial charge on any atom is -0.455 e. The van der Waals surface area contributed by atoms with E-state index in [4.69, 9.17) is 31.2 Å². The van der Waals surface area contributed by atoms with E-state index in [1.807, 2.05) is 0 Å². The van der Waals surface area contributed by atoms with Crippen LogP contribution in [0.25, 0.3) is 0 Å². The Labute approximate surface area is 192 Å². The van der Waals surface area contributed by atoms with Gasteiger partial charge in [0.1, 0.15) is 0 Å². The molecule has 0 heterocycles. The fourth-order valence-corrected chi connectivity index (χ4v) is 21.6. The molecule has 0 rings (SSSR count). The third-order valence-corrected chi connectivity index (χ3v) is 20.1. The molecule has 10 heteroatoms. The van der Waals surface area contributed by atoms with Gasteiger partial charge in [-0.05, 0) is 128 Å². The molecule has 6 nitrogen and oxygen atoms in total. The molecule has 0 spiro atoms. The second-order valence-corrected chi connectivity index (χ2v) is 28.5. The highest BCUT2D eigenvalue weighted by atomic mass is 28.4. The molecule has 0 aliphatic rings. The molecule has 0 saturated heterocycles. The number of nitrogens with two attached hydrogens (primary N) is 4. The summed E-state index contributed by atoms with van der Waals surface area (Å²) < 4.78 is 12.8. The molecule has 0 amide bonds. The second-order valence-electron chi connectivity index (χ2n) is 10.8. The first kappa shape index (κ1) is 32.8. The maximum atomic E-state index is 6.40. The van der Waals surface area contributed by atoms with Crippen LogP contribution in [0.2, 0.25) is 76.6 Å². The van der Waals surface area contributed by atoms with Crippen molar-refractivity contribution in [3.05, 3.63) is 0 Å². The van der Waals surface area contributed by atoms with Crippen molar-refractivity contribution in [3.8, 4) is 0 Å². The van der Waals surface area contributed by atoms with Gasteiger partial charge in [-0.25, -0.2) is 0 Å². The summed E-state index contributed by atoms with van der Waals surface area (Å²) in [7, 11) is -5.88. The normalized spacial score (nSPS) is 13.2. The lowest BCUT2D eigenvalue weighted by Crippen LogP contribution is -2.44. The van der Waals surface area contributed by atoms with Crippen molar-refractivity contribution in [3.63, 3.8) is 0 Å². The van der Waals surface area contributed by atoms with Gasteiger partial charge in [0, 0.05) is 0 Å². The molecule has 0 atom stereocenters. The lowest BCUT2D eigenvalue weighted by molar-refractivity contribution is 0.530. The maximum absolute atomic E-state index is 6.40. The summed E-state index contributed by atoms with van der Waals surface area (Å²) in [5.41, 5.74) is 22.2. The van der Waals surface area contributed by atoms with E-state index >= 15 is 0 Å². The van der Waals surface area contributed by atoms with Crippen LogP contribution in [0.1, 0.15) is 25.7 Å². The fraction of sp³-hybridized carbons (Fsp3) is 1.00. The zero-order valence-electron chi connectivity index (χ0n) is 21.6. The van der Waals surface area contributed by atoms with Gasteiger partial charge in [0.2, 0.25) is 0 Å². The largest absolute Gasteiger partial charge is 0.455 e. The summed E-state index contributed by atoms with van der Waals surface area (Å²) in [4.78, 5) is 0. The Bertz CT molecular complexity index is 352. The van der Waals surface area contributed by atoms with Crippen molar-refractivity contribution in [2.24, 2.45) is 22.9 Å². The topological polar surface area (TPSA) is 123 Å². The predicted molar refractivity (Wildman–Crippen MR) is 146 cm³/mol. The first-order valence-corrected chi connectivity index (χ1v) is 24.3. The van der Waals surface area contributed by atoms with E-state index in [2.05, 4.69) is 52.4 Å². The molecular weight excluding hydrogens is 441 g/mol. The summed E-state index contributed by atoms with van der Waals surface area (Å²) in [5.74, 6) is 0. The van der Waals surface area contributed by atoms with Crippen LogP contribution < -0.4 is 22.9 Å². The SMILES string of the molecule is C[Si](C)(CCCN)O[Si](C)(C)CCCN.C[Si](C)(CCCN)O[Si](C)(C)CCCN.